The molecule has 2 heterocycles. The highest BCUT2D eigenvalue weighted by molar-refractivity contribution is 7.19. The second-order valence-corrected chi connectivity index (χ2v) is 6.95. The molecule has 0 atom stereocenters. The Morgan fingerprint density at radius 3 is 2.91 bits per heavy atom. The van der Waals surface area contributed by atoms with Gasteiger partial charge < -0.3 is 10.1 Å². The highest BCUT2D eigenvalue weighted by atomic mass is 32.1. The summed E-state index contributed by atoms with van der Waals surface area (Å²) < 4.78 is 5.31. The number of nitrogens with one attached hydrogen (secondary N) is 1. The molecule has 1 N–H and O–H groups in total. The summed E-state index contributed by atoms with van der Waals surface area (Å²) in [4.78, 5) is 11.9. The van der Waals surface area contributed by atoms with Crippen molar-refractivity contribution >= 4 is 33.1 Å². The average Bonchev–Trinajstić information content (AvgIpc) is 2.93. The minimum absolute atomic E-state index is 0.807. The molecule has 0 saturated carbocycles. The number of hydrogen-bond donors (Lipinski definition) is 1. The Kier molecular flexibility index (Phi) is 3.65. The fraction of sp³-hybridized carbons (Fsp3) is 0.333. The van der Waals surface area contributed by atoms with E-state index < -0.39 is 0 Å². The van der Waals surface area contributed by atoms with Crippen molar-refractivity contribution < 1.29 is 4.74 Å². The number of anilines is 2. The highest BCUT2D eigenvalue weighted by Gasteiger charge is 2.20. The van der Waals surface area contributed by atoms with Gasteiger partial charge >= 0.3 is 0 Å². The number of ether oxygens (including phenoxy) is 1. The van der Waals surface area contributed by atoms with E-state index in [1.807, 2.05) is 42.5 Å². The van der Waals surface area contributed by atoms with Gasteiger partial charge in [-0.15, -0.1) is 11.3 Å². The van der Waals surface area contributed by atoms with Crippen LogP contribution < -0.4 is 10.1 Å². The van der Waals surface area contributed by atoms with Gasteiger partial charge in [0.2, 0.25) is 0 Å². The van der Waals surface area contributed by atoms with E-state index in [0.29, 0.717) is 0 Å². The Morgan fingerprint density at radius 1 is 1.17 bits per heavy atom. The first-order chi connectivity index (χ1) is 11.2. The molecule has 0 bridgehead atoms. The van der Waals surface area contributed by atoms with E-state index in [0.717, 1.165) is 34.3 Å². The van der Waals surface area contributed by atoms with Crippen molar-refractivity contribution in [1.29, 1.82) is 0 Å². The van der Waals surface area contributed by atoms with Gasteiger partial charge in [-0.05, 0) is 50.3 Å². The smallest absolute Gasteiger partial charge is 0.143 e. The van der Waals surface area contributed by atoms with Crippen LogP contribution in [0, 0.1) is 6.92 Å². The van der Waals surface area contributed by atoms with Crippen molar-refractivity contribution in [3.05, 3.63) is 40.5 Å². The molecule has 0 unspecified atom stereocenters. The molecule has 0 spiro atoms. The van der Waals surface area contributed by atoms with Gasteiger partial charge in [0.1, 0.15) is 22.2 Å². The Bertz CT molecular complexity index is 872. The van der Waals surface area contributed by atoms with Gasteiger partial charge in [-0.1, -0.05) is 6.07 Å². The summed E-state index contributed by atoms with van der Waals surface area (Å²) in [5, 5.41) is 4.68. The third-order valence-electron chi connectivity index (χ3n) is 4.26. The van der Waals surface area contributed by atoms with Crippen molar-refractivity contribution in [2.24, 2.45) is 0 Å². The van der Waals surface area contributed by atoms with Crippen molar-refractivity contribution in [3.8, 4) is 5.75 Å². The number of aromatic nitrogens is 2. The van der Waals surface area contributed by atoms with Crippen molar-refractivity contribution in [2.45, 2.75) is 32.6 Å². The van der Waals surface area contributed by atoms with E-state index in [1.54, 1.807) is 7.11 Å². The number of fused-ring (bicyclic) bond motifs is 3. The number of methoxy groups -OCH3 is 1. The molecule has 118 valence electrons. The highest BCUT2D eigenvalue weighted by Crippen LogP contribution is 2.39. The fourth-order valence-corrected chi connectivity index (χ4v) is 4.50. The first kappa shape index (κ1) is 14.5. The Labute approximate surface area is 139 Å². The lowest BCUT2D eigenvalue weighted by Gasteiger charge is -2.13. The molecular weight excluding hydrogens is 306 g/mol. The first-order valence-electron chi connectivity index (χ1n) is 7.94. The standard InChI is InChI=1S/C18H19N3OS/c1-11-19-17(21-12-6-5-7-13(10-12)22-2)16-14-8-3-4-9-15(14)23-18(16)20-11/h5-7,10H,3-4,8-9H2,1-2H3,(H,19,20,21). The normalized spacial score (nSPS) is 13.8. The zero-order valence-electron chi connectivity index (χ0n) is 13.3. The number of thiophene rings is 1. The SMILES string of the molecule is COc1cccc(Nc2nc(C)nc3sc4c(c23)CCCC4)c1. The second-order valence-electron chi connectivity index (χ2n) is 5.87. The van der Waals surface area contributed by atoms with E-state index in [9.17, 15) is 0 Å². The molecule has 0 amide bonds. The molecule has 23 heavy (non-hydrogen) atoms. The van der Waals surface area contributed by atoms with Crippen LogP contribution in [-0.2, 0) is 12.8 Å². The molecule has 4 rings (SSSR count). The molecule has 0 radical (unpaired) electrons. The Balaban J connectivity index is 1.83. The second kappa shape index (κ2) is 5.81. The summed E-state index contributed by atoms with van der Waals surface area (Å²) in [5.41, 5.74) is 2.43. The van der Waals surface area contributed by atoms with Crippen LogP contribution in [0.1, 0.15) is 29.1 Å². The van der Waals surface area contributed by atoms with Crippen LogP contribution >= 0.6 is 11.3 Å². The van der Waals surface area contributed by atoms with Crippen LogP contribution in [0.4, 0.5) is 11.5 Å². The van der Waals surface area contributed by atoms with E-state index >= 15 is 0 Å². The molecule has 3 aromatic rings. The van der Waals surface area contributed by atoms with E-state index in [-0.39, 0.29) is 0 Å². The summed E-state index contributed by atoms with van der Waals surface area (Å²) in [6, 6.07) is 7.95. The molecule has 1 aromatic carbocycles. The molecule has 0 saturated heterocycles. The van der Waals surface area contributed by atoms with Gasteiger partial charge in [-0.2, -0.15) is 0 Å². The van der Waals surface area contributed by atoms with E-state index in [2.05, 4.69) is 15.3 Å². The fourth-order valence-electron chi connectivity index (χ4n) is 3.19. The summed E-state index contributed by atoms with van der Waals surface area (Å²) in [7, 11) is 1.68. The molecule has 1 aliphatic carbocycles. The molecular formula is C18H19N3OS. The van der Waals surface area contributed by atoms with Crippen LogP contribution in [0.3, 0.4) is 0 Å². The molecule has 1 aliphatic rings. The lowest BCUT2D eigenvalue weighted by molar-refractivity contribution is 0.415. The average molecular weight is 325 g/mol. The summed E-state index contributed by atoms with van der Waals surface area (Å²) in [6.45, 7) is 1.95. The minimum Gasteiger partial charge on any atom is -0.497 e. The number of hydrogen-bond acceptors (Lipinski definition) is 5. The van der Waals surface area contributed by atoms with Crippen LogP contribution in [0.25, 0.3) is 10.2 Å². The van der Waals surface area contributed by atoms with E-state index in [4.69, 9.17) is 4.74 Å². The van der Waals surface area contributed by atoms with Crippen molar-refractivity contribution in [1.82, 2.24) is 9.97 Å². The number of rotatable bonds is 3. The first-order valence-corrected chi connectivity index (χ1v) is 8.76. The number of aryl methyl sites for hydroxylation is 3. The molecule has 0 aliphatic heterocycles. The summed E-state index contributed by atoms with van der Waals surface area (Å²) in [6.07, 6.45) is 4.85. The molecule has 0 fully saturated rings. The largest absolute Gasteiger partial charge is 0.497 e. The van der Waals surface area contributed by atoms with Gasteiger partial charge in [-0.25, -0.2) is 9.97 Å². The third kappa shape index (κ3) is 2.65. The zero-order valence-corrected chi connectivity index (χ0v) is 14.2. The molecule has 5 heteroatoms. The maximum Gasteiger partial charge on any atom is 0.143 e. The van der Waals surface area contributed by atoms with Gasteiger partial charge in [0.05, 0.1) is 12.5 Å². The maximum atomic E-state index is 5.31. The number of benzene rings is 1. The number of nitrogens with zero attached hydrogens (tertiary/aromatic N) is 2. The van der Waals surface area contributed by atoms with Crippen LogP contribution in [0.15, 0.2) is 24.3 Å². The quantitative estimate of drug-likeness (QED) is 0.762. The predicted molar refractivity (Wildman–Crippen MR) is 95.1 cm³/mol. The lowest BCUT2D eigenvalue weighted by Crippen LogP contribution is -2.02. The molecule has 2 aromatic heterocycles. The lowest BCUT2D eigenvalue weighted by atomic mass is 9.97. The van der Waals surface area contributed by atoms with Gasteiger partial charge in [-0.3, -0.25) is 0 Å². The molecule has 4 nitrogen and oxygen atoms in total. The topological polar surface area (TPSA) is 47.0 Å². The van der Waals surface area contributed by atoms with Crippen LogP contribution in [0.2, 0.25) is 0 Å². The van der Waals surface area contributed by atoms with Gasteiger partial charge in [0.25, 0.3) is 0 Å². The van der Waals surface area contributed by atoms with Crippen molar-refractivity contribution in [2.75, 3.05) is 12.4 Å². The van der Waals surface area contributed by atoms with E-state index in [1.165, 1.54) is 35.1 Å². The Morgan fingerprint density at radius 2 is 2.04 bits per heavy atom. The van der Waals surface area contributed by atoms with Crippen molar-refractivity contribution in [3.63, 3.8) is 0 Å². The zero-order chi connectivity index (χ0) is 15.8. The maximum absolute atomic E-state index is 5.31. The van der Waals surface area contributed by atoms with Gasteiger partial charge in [0.15, 0.2) is 0 Å². The van der Waals surface area contributed by atoms with Crippen LogP contribution in [-0.4, -0.2) is 17.1 Å². The summed E-state index contributed by atoms with van der Waals surface area (Å²) >= 11 is 1.83. The predicted octanol–water partition coefficient (Wildman–Crippen LogP) is 4.63. The summed E-state index contributed by atoms with van der Waals surface area (Å²) in [5.74, 6) is 2.56. The van der Waals surface area contributed by atoms with Crippen LogP contribution in [0.5, 0.6) is 5.75 Å². The Hall–Kier alpha value is -2.14. The monoisotopic (exact) mass is 325 g/mol. The minimum atomic E-state index is 0.807. The van der Waals surface area contributed by atoms with Gasteiger partial charge in [0, 0.05) is 16.6 Å². The third-order valence-corrected chi connectivity index (χ3v) is 5.44.